The Morgan fingerprint density at radius 1 is 1.27 bits per heavy atom. The Morgan fingerprint density at radius 3 is 2.77 bits per heavy atom. The van der Waals surface area contributed by atoms with Crippen molar-refractivity contribution in [1.82, 2.24) is 5.32 Å². The summed E-state index contributed by atoms with van der Waals surface area (Å²) in [5.41, 5.74) is 0.728. The number of nitrogens with zero attached hydrogens (tertiary/aromatic N) is 2. The van der Waals surface area contributed by atoms with E-state index >= 15 is 0 Å². The maximum absolute atomic E-state index is 12.3. The number of methoxy groups -OCH3 is 1. The number of benzene rings is 2. The molecule has 0 aromatic heterocycles. The van der Waals surface area contributed by atoms with E-state index in [1.165, 1.54) is 24.3 Å². The molecule has 1 aliphatic heterocycles. The van der Waals surface area contributed by atoms with Crippen molar-refractivity contribution in [1.29, 1.82) is 0 Å². The first-order chi connectivity index (χ1) is 12.5. The number of amides is 2. The summed E-state index contributed by atoms with van der Waals surface area (Å²) < 4.78 is 5.17. The van der Waals surface area contributed by atoms with Crippen LogP contribution in [0.1, 0.15) is 16.8 Å². The molecule has 2 aromatic rings. The zero-order valence-corrected chi connectivity index (χ0v) is 14.0. The molecule has 3 rings (SSSR count). The van der Waals surface area contributed by atoms with Crippen LogP contribution in [0.3, 0.4) is 0 Å². The largest absolute Gasteiger partial charge is 0.497 e. The number of carbonyl (C=O) groups is 2. The Kier molecular flexibility index (Phi) is 4.83. The molecule has 0 radical (unpaired) electrons. The number of anilines is 1. The van der Waals surface area contributed by atoms with Crippen LogP contribution in [-0.4, -0.2) is 36.4 Å². The zero-order chi connectivity index (χ0) is 18.7. The molecule has 8 heteroatoms. The minimum absolute atomic E-state index is 0.109. The SMILES string of the molecule is COc1cccc(N2CC(NC(=O)c3cccc([N+](=O)[O-])c3)CC2=O)c1. The number of non-ortho nitro benzene ring substituents is 1. The smallest absolute Gasteiger partial charge is 0.270 e. The molecule has 2 amide bonds. The summed E-state index contributed by atoms with van der Waals surface area (Å²) >= 11 is 0. The Morgan fingerprint density at radius 2 is 2.04 bits per heavy atom. The maximum atomic E-state index is 12.3. The van der Waals surface area contributed by atoms with Gasteiger partial charge >= 0.3 is 0 Å². The first kappa shape index (κ1) is 17.4. The van der Waals surface area contributed by atoms with Crippen molar-refractivity contribution in [2.24, 2.45) is 0 Å². The monoisotopic (exact) mass is 355 g/mol. The standard InChI is InChI=1S/C18H17N3O5/c1-26-16-7-3-5-14(10-16)20-11-13(9-17(20)22)19-18(23)12-4-2-6-15(8-12)21(24)25/h2-8,10,13H,9,11H2,1H3,(H,19,23). The van der Waals surface area contributed by atoms with Crippen molar-refractivity contribution < 1.29 is 19.2 Å². The van der Waals surface area contributed by atoms with Gasteiger partial charge in [-0.15, -0.1) is 0 Å². The minimum Gasteiger partial charge on any atom is -0.497 e. The third kappa shape index (κ3) is 3.64. The minimum atomic E-state index is -0.555. The Bertz CT molecular complexity index is 867. The van der Waals surface area contributed by atoms with Crippen LogP contribution in [-0.2, 0) is 4.79 Å². The fourth-order valence-electron chi connectivity index (χ4n) is 2.86. The van der Waals surface area contributed by atoms with E-state index in [4.69, 9.17) is 4.74 Å². The van der Waals surface area contributed by atoms with Crippen LogP contribution < -0.4 is 15.0 Å². The van der Waals surface area contributed by atoms with Crippen LogP contribution in [0.15, 0.2) is 48.5 Å². The molecule has 1 aliphatic rings. The van der Waals surface area contributed by atoms with Crippen LogP contribution in [0.25, 0.3) is 0 Å². The number of rotatable bonds is 5. The summed E-state index contributed by atoms with van der Waals surface area (Å²) in [6.45, 7) is 0.326. The van der Waals surface area contributed by atoms with E-state index in [0.717, 1.165) is 0 Å². The normalized spacial score (nSPS) is 16.4. The molecule has 1 N–H and O–H groups in total. The zero-order valence-electron chi connectivity index (χ0n) is 14.0. The fraction of sp³-hybridized carbons (Fsp3) is 0.222. The molecule has 1 fully saturated rings. The van der Waals surface area contributed by atoms with Gasteiger partial charge in [-0.05, 0) is 18.2 Å². The van der Waals surface area contributed by atoms with E-state index in [-0.39, 0.29) is 29.6 Å². The van der Waals surface area contributed by atoms with Crippen molar-refractivity contribution in [2.45, 2.75) is 12.5 Å². The highest BCUT2D eigenvalue weighted by Gasteiger charge is 2.32. The van der Waals surface area contributed by atoms with Gasteiger partial charge in [0.25, 0.3) is 11.6 Å². The van der Waals surface area contributed by atoms with Gasteiger partial charge in [0.15, 0.2) is 0 Å². The second-order valence-electron chi connectivity index (χ2n) is 5.89. The number of ether oxygens (including phenoxy) is 1. The second-order valence-corrected chi connectivity index (χ2v) is 5.89. The molecule has 26 heavy (non-hydrogen) atoms. The average molecular weight is 355 g/mol. The van der Waals surface area contributed by atoms with Gasteiger partial charge in [0, 0.05) is 42.4 Å². The lowest BCUT2D eigenvalue weighted by Crippen LogP contribution is -2.37. The molecule has 0 aliphatic carbocycles. The highest BCUT2D eigenvalue weighted by atomic mass is 16.6. The maximum Gasteiger partial charge on any atom is 0.270 e. The first-order valence-electron chi connectivity index (χ1n) is 7.97. The van der Waals surface area contributed by atoms with Gasteiger partial charge in [-0.25, -0.2) is 0 Å². The lowest BCUT2D eigenvalue weighted by molar-refractivity contribution is -0.384. The summed E-state index contributed by atoms with van der Waals surface area (Å²) in [6, 6.07) is 12.2. The quantitative estimate of drug-likeness (QED) is 0.654. The van der Waals surface area contributed by atoms with E-state index in [0.29, 0.717) is 18.0 Å². The molecule has 8 nitrogen and oxygen atoms in total. The highest BCUT2D eigenvalue weighted by Crippen LogP contribution is 2.25. The predicted molar refractivity (Wildman–Crippen MR) is 94.3 cm³/mol. The Balaban J connectivity index is 1.70. The summed E-state index contributed by atoms with van der Waals surface area (Å²) in [7, 11) is 1.55. The predicted octanol–water partition coefficient (Wildman–Crippen LogP) is 2.14. The van der Waals surface area contributed by atoms with Crippen molar-refractivity contribution in [2.75, 3.05) is 18.6 Å². The van der Waals surface area contributed by atoms with Crippen molar-refractivity contribution >= 4 is 23.2 Å². The van der Waals surface area contributed by atoms with Gasteiger partial charge in [-0.3, -0.25) is 19.7 Å². The molecule has 0 spiro atoms. The molecule has 0 bridgehead atoms. The topological polar surface area (TPSA) is 102 Å². The van der Waals surface area contributed by atoms with Crippen LogP contribution in [0, 0.1) is 10.1 Å². The van der Waals surface area contributed by atoms with Crippen molar-refractivity contribution in [3.63, 3.8) is 0 Å². The number of hydrogen-bond donors (Lipinski definition) is 1. The van der Waals surface area contributed by atoms with Gasteiger partial charge in [0.2, 0.25) is 5.91 Å². The van der Waals surface area contributed by atoms with Crippen molar-refractivity contribution in [3.05, 3.63) is 64.2 Å². The van der Waals surface area contributed by atoms with Gasteiger partial charge in [0.05, 0.1) is 18.1 Å². The highest BCUT2D eigenvalue weighted by molar-refractivity contribution is 5.99. The number of nitro benzene ring substituents is 1. The molecule has 134 valence electrons. The van der Waals surface area contributed by atoms with Gasteiger partial charge in [-0.2, -0.15) is 0 Å². The number of carbonyl (C=O) groups excluding carboxylic acids is 2. The Labute approximate surface area is 149 Å². The van der Waals surface area contributed by atoms with Gasteiger partial charge in [0.1, 0.15) is 5.75 Å². The molecular formula is C18H17N3O5. The molecule has 1 unspecified atom stereocenters. The third-order valence-corrected chi connectivity index (χ3v) is 4.14. The Hall–Kier alpha value is -3.42. The second kappa shape index (κ2) is 7.22. The van der Waals surface area contributed by atoms with E-state index < -0.39 is 10.8 Å². The number of hydrogen-bond acceptors (Lipinski definition) is 5. The lowest BCUT2D eigenvalue weighted by atomic mass is 10.1. The summed E-state index contributed by atoms with van der Waals surface area (Å²) in [4.78, 5) is 36.5. The van der Waals surface area contributed by atoms with Crippen LogP contribution in [0.2, 0.25) is 0 Å². The average Bonchev–Trinajstić information content (AvgIpc) is 3.02. The molecule has 1 saturated heterocycles. The number of nitrogens with one attached hydrogen (secondary N) is 1. The summed E-state index contributed by atoms with van der Waals surface area (Å²) in [5.74, 6) is 0.0842. The molecule has 2 aromatic carbocycles. The summed E-state index contributed by atoms with van der Waals surface area (Å²) in [5, 5.41) is 13.6. The number of nitro groups is 1. The fourth-order valence-corrected chi connectivity index (χ4v) is 2.86. The van der Waals surface area contributed by atoms with E-state index in [9.17, 15) is 19.7 Å². The first-order valence-corrected chi connectivity index (χ1v) is 7.97. The van der Waals surface area contributed by atoms with Crippen LogP contribution in [0.4, 0.5) is 11.4 Å². The van der Waals surface area contributed by atoms with Crippen molar-refractivity contribution in [3.8, 4) is 5.75 Å². The van der Waals surface area contributed by atoms with Gasteiger partial charge in [-0.1, -0.05) is 12.1 Å². The third-order valence-electron chi connectivity index (χ3n) is 4.14. The van der Waals surface area contributed by atoms with E-state index in [1.807, 2.05) is 0 Å². The molecule has 1 heterocycles. The summed E-state index contributed by atoms with van der Waals surface area (Å²) in [6.07, 6.45) is 0.165. The van der Waals surface area contributed by atoms with E-state index in [2.05, 4.69) is 5.32 Å². The van der Waals surface area contributed by atoms with Crippen LogP contribution >= 0.6 is 0 Å². The van der Waals surface area contributed by atoms with Crippen LogP contribution in [0.5, 0.6) is 5.75 Å². The molecule has 0 saturated carbocycles. The molecular weight excluding hydrogens is 338 g/mol. The van der Waals surface area contributed by atoms with Gasteiger partial charge < -0.3 is 15.0 Å². The van der Waals surface area contributed by atoms with E-state index in [1.54, 1.807) is 36.3 Å². The lowest BCUT2D eigenvalue weighted by Gasteiger charge is -2.18. The molecule has 1 atom stereocenters.